The number of fused-ring (bicyclic) bond motifs is 3. The van der Waals surface area contributed by atoms with Gasteiger partial charge in [0.25, 0.3) is 0 Å². The van der Waals surface area contributed by atoms with Crippen LogP contribution in [0.4, 0.5) is 5.69 Å². The summed E-state index contributed by atoms with van der Waals surface area (Å²) < 4.78 is 10.9. The molecule has 4 rings (SSSR count). The van der Waals surface area contributed by atoms with Gasteiger partial charge in [0.15, 0.2) is 22.7 Å². The van der Waals surface area contributed by atoms with Crippen LogP contribution in [-0.4, -0.2) is 32.1 Å². The minimum absolute atomic E-state index is 0.0234. The maximum atomic E-state index is 14.0. The molecule has 0 bridgehead atoms. The predicted molar refractivity (Wildman–Crippen MR) is 126 cm³/mol. The third-order valence-electron chi connectivity index (χ3n) is 6.69. The van der Waals surface area contributed by atoms with Crippen LogP contribution in [0, 0.1) is 33.5 Å². The van der Waals surface area contributed by atoms with E-state index < -0.39 is 28.8 Å². The maximum absolute atomic E-state index is 14.0. The number of rotatable bonds is 4. The molecule has 3 atom stereocenters. The number of methoxy groups -OCH3 is 2. The fourth-order valence-electron chi connectivity index (χ4n) is 5.10. The zero-order chi connectivity index (χ0) is 24.0. The number of benzene rings is 2. The fraction of sp³-hybridized carbons (Fsp3) is 0.370. The van der Waals surface area contributed by atoms with Crippen molar-refractivity contribution in [2.75, 3.05) is 19.1 Å². The molecule has 2 aliphatic heterocycles. The molecule has 3 unspecified atom stereocenters. The predicted octanol–water partition coefficient (Wildman–Crippen LogP) is 4.72. The topological polar surface area (TPSA) is 86.4 Å². The molecule has 2 aliphatic rings. The number of carbonyl (C=O) groups is 1. The van der Waals surface area contributed by atoms with E-state index in [0.717, 1.165) is 11.3 Å². The van der Waals surface area contributed by atoms with Gasteiger partial charge < -0.3 is 14.4 Å². The maximum Gasteiger partial charge on any atom is 0.176 e. The van der Waals surface area contributed by atoms with E-state index in [1.165, 1.54) is 7.11 Å². The fourth-order valence-corrected chi connectivity index (χ4v) is 5.10. The number of nitriles is 2. The molecule has 0 saturated carbocycles. The Kier molecular flexibility index (Phi) is 5.42. The average molecular weight is 442 g/mol. The van der Waals surface area contributed by atoms with Crippen molar-refractivity contribution in [3.63, 3.8) is 0 Å². The smallest absolute Gasteiger partial charge is 0.176 e. The number of anilines is 1. The number of hydrogen-bond donors (Lipinski definition) is 0. The zero-order valence-electron chi connectivity index (χ0n) is 19.5. The molecule has 1 fully saturated rings. The van der Waals surface area contributed by atoms with Gasteiger partial charge in [0.05, 0.1) is 38.4 Å². The third kappa shape index (κ3) is 3.26. The molecule has 33 heavy (non-hydrogen) atoms. The second kappa shape index (κ2) is 7.98. The van der Waals surface area contributed by atoms with Crippen molar-refractivity contribution in [3.8, 4) is 23.6 Å². The van der Waals surface area contributed by atoms with E-state index in [4.69, 9.17) is 9.47 Å². The second-order valence-electron chi connectivity index (χ2n) is 9.51. The van der Waals surface area contributed by atoms with Gasteiger partial charge in [0, 0.05) is 17.0 Å². The lowest BCUT2D eigenvalue weighted by atomic mass is 9.67. The van der Waals surface area contributed by atoms with Crippen LogP contribution in [-0.2, 0) is 4.79 Å². The van der Waals surface area contributed by atoms with Gasteiger partial charge in [0.2, 0.25) is 0 Å². The van der Waals surface area contributed by atoms with E-state index in [1.807, 2.05) is 68.2 Å². The van der Waals surface area contributed by atoms with Crippen LogP contribution < -0.4 is 14.4 Å². The summed E-state index contributed by atoms with van der Waals surface area (Å²) in [5.74, 6) is 0.313. The second-order valence-corrected chi connectivity index (χ2v) is 9.51. The number of carbonyl (C=O) groups excluding carboxylic acids is 1. The van der Waals surface area contributed by atoms with Gasteiger partial charge in [-0.15, -0.1) is 0 Å². The van der Waals surface area contributed by atoms with Crippen molar-refractivity contribution in [2.24, 2.45) is 10.8 Å². The van der Waals surface area contributed by atoms with Gasteiger partial charge in [-0.25, -0.2) is 0 Å². The Morgan fingerprint density at radius 3 is 2.30 bits per heavy atom. The summed E-state index contributed by atoms with van der Waals surface area (Å²) in [6.07, 6.45) is 3.83. The van der Waals surface area contributed by atoms with Crippen molar-refractivity contribution in [1.29, 1.82) is 10.5 Å². The molecule has 0 aliphatic carbocycles. The first-order valence-corrected chi connectivity index (χ1v) is 10.9. The molecule has 2 heterocycles. The zero-order valence-corrected chi connectivity index (χ0v) is 19.5. The Morgan fingerprint density at radius 2 is 1.70 bits per heavy atom. The van der Waals surface area contributed by atoms with Crippen LogP contribution in [0.25, 0.3) is 6.08 Å². The third-order valence-corrected chi connectivity index (χ3v) is 6.69. The van der Waals surface area contributed by atoms with Crippen molar-refractivity contribution in [3.05, 3.63) is 59.7 Å². The summed E-state index contributed by atoms with van der Waals surface area (Å²) in [7, 11) is 3.09. The first kappa shape index (κ1) is 22.4. The Morgan fingerprint density at radius 1 is 1.03 bits per heavy atom. The number of hydrogen-bond acceptors (Lipinski definition) is 6. The average Bonchev–Trinajstić information content (AvgIpc) is 3.13. The van der Waals surface area contributed by atoms with Crippen LogP contribution >= 0.6 is 0 Å². The van der Waals surface area contributed by atoms with Gasteiger partial charge in [-0.2, -0.15) is 10.5 Å². The largest absolute Gasteiger partial charge is 0.493 e. The highest BCUT2D eigenvalue weighted by atomic mass is 16.5. The van der Waals surface area contributed by atoms with Crippen LogP contribution in [0.15, 0.2) is 48.5 Å². The van der Waals surface area contributed by atoms with Crippen LogP contribution in [0.1, 0.15) is 37.8 Å². The molecule has 168 valence electrons. The van der Waals surface area contributed by atoms with Crippen LogP contribution in [0.3, 0.4) is 0 Å². The van der Waals surface area contributed by atoms with Gasteiger partial charge in [0.1, 0.15) is 0 Å². The van der Waals surface area contributed by atoms with E-state index in [2.05, 4.69) is 12.1 Å². The Hall–Kier alpha value is -3.77. The molecule has 1 saturated heterocycles. The Bertz CT molecular complexity index is 1200. The lowest BCUT2D eigenvalue weighted by Gasteiger charge is -2.37. The summed E-state index contributed by atoms with van der Waals surface area (Å²) in [6, 6.07) is 16.5. The molecule has 2 aromatic carbocycles. The number of nitrogens with zero attached hydrogens (tertiary/aromatic N) is 3. The lowest BCUT2D eigenvalue weighted by Crippen LogP contribution is -2.47. The first-order valence-electron chi connectivity index (χ1n) is 10.9. The quantitative estimate of drug-likeness (QED) is 0.682. The molecule has 2 aromatic rings. The SMILES string of the molecule is COc1ccc(C2C(C(=O)C(C)(C)C)N3c4ccccc4C=CC3C2(C#N)C#N)cc1OC. The Labute approximate surface area is 194 Å². The molecule has 6 heteroatoms. The lowest BCUT2D eigenvalue weighted by molar-refractivity contribution is -0.127. The van der Waals surface area contributed by atoms with Gasteiger partial charge in [-0.05, 0) is 29.3 Å². The Balaban J connectivity index is 2.03. The van der Waals surface area contributed by atoms with Crippen LogP contribution in [0.2, 0.25) is 0 Å². The summed E-state index contributed by atoms with van der Waals surface area (Å²) >= 11 is 0. The summed E-state index contributed by atoms with van der Waals surface area (Å²) in [6.45, 7) is 5.63. The highest BCUT2D eigenvalue weighted by Gasteiger charge is 2.64. The summed E-state index contributed by atoms with van der Waals surface area (Å²) in [4.78, 5) is 16.0. The van der Waals surface area contributed by atoms with Crippen molar-refractivity contribution in [1.82, 2.24) is 0 Å². The van der Waals surface area contributed by atoms with Crippen molar-refractivity contribution in [2.45, 2.75) is 38.8 Å². The van der Waals surface area contributed by atoms with Crippen LogP contribution in [0.5, 0.6) is 11.5 Å². The van der Waals surface area contributed by atoms with Gasteiger partial charge in [-0.3, -0.25) is 4.79 Å². The van der Waals surface area contributed by atoms with E-state index in [1.54, 1.807) is 19.2 Å². The number of ether oxygens (including phenoxy) is 2. The van der Waals surface area contributed by atoms with E-state index in [0.29, 0.717) is 17.1 Å². The highest BCUT2D eigenvalue weighted by Crippen LogP contribution is 2.56. The van der Waals surface area contributed by atoms with Crippen molar-refractivity contribution >= 4 is 17.5 Å². The normalized spacial score (nSPS) is 22.5. The summed E-state index contributed by atoms with van der Waals surface area (Å²) in [5.41, 5.74) is 0.346. The van der Waals surface area contributed by atoms with E-state index >= 15 is 0 Å². The van der Waals surface area contributed by atoms with Gasteiger partial charge in [-0.1, -0.05) is 57.2 Å². The molecule has 0 amide bonds. The standard InChI is InChI=1S/C27H27N3O3/c1-26(2,3)25(31)24-23(18-10-12-20(32-4)21(14-18)33-5)27(15-28,16-29)22-13-11-17-8-6-7-9-19(17)30(22)24/h6-14,22-24H,1-5H3. The molecule has 0 aromatic heterocycles. The molecular weight excluding hydrogens is 414 g/mol. The minimum atomic E-state index is -1.48. The van der Waals surface area contributed by atoms with Gasteiger partial charge >= 0.3 is 0 Å². The molecule has 0 radical (unpaired) electrons. The molecule has 0 N–H and O–H groups in total. The van der Waals surface area contributed by atoms with E-state index in [9.17, 15) is 15.3 Å². The van der Waals surface area contributed by atoms with Crippen molar-refractivity contribution < 1.29 is 14.3 Å². The summed E-state index contributed by atoms with van der Waals surface area (Å²) in [5, 5.41) is 20.9. The number of para-hydroxylation sites is 1. The molecule has 0 spiro atoms. The minimum Gasteiger partial charge on any atom is -0.493 e. The monoisotopic (exact) mass is 441 g/mol. The first-order chi connectivity index (χ1) is 15.7. The number of Topliss-reactive ketones (excluding diaryl/α,β-unsaturated/α-hetero) is 1. The molecular formula is C27H27N3O3. The van der Waals surface area contributed by atoms with E-state index in [-0.39, 0.29) is 5.78 Å². The number of ketones is 1. The highest BCUT2D eigenvalue weighted by molar-refractivity contribution is 5.96. The molecule has 6 nitrogen and oxygen atoms in total.